The number of halogens is 1. The van der Waals surface area contributed by atoms with Gasteiger partial charge < -0.3 is 10.6 Å². The SMILES string of the molecule is Clc1cccnc1NC1CNC1. The van der Waals surface area contributed by atoms with Crippen LogP contribution in [0, 0.1) is 0 Å². The number of hydrogen-bond donors (Lipinski definition) is 2. The first-order valence-corrected chi connectivity index (χ1v) is 4.32. The van der Waals surface area contributed by atoms with E-state index in [1.165, 1.54) is 0 Å². The van der Waals surface area contributed by atoms with Crippen molar-refractivity contribution in [3.63, 3.8) is 0 Å². The first kappa shape index (κ1) is 7.83. The van der Waals surface area contributed by atoms with Crippen molar-refractivity contribution in [2.24, 2.45) is 0 Å². The topological polar surface area (TPSA) is 37.0 Å². The van der Waals surface area contributed by atoms with Crippen LogP contribution >= 0.6 is 11.6 Å². The third-order valence-corrected chi connectivity index (χ3v) is 2.19. The third-order valence-electron chi connectivity index (χ3n) is 1.88. The highest BCUT2D eigenvalue weighted by molar-refractivity contribution is 6.32. The Kier molecular flexibility index (Phi) is 2.15. The normalized spacial score (nSPS) is 17.1. The van der Waals surface area contributed by atoms with Crippen molar-refractivity contribution < 1.29 is 0 Å². The van der Waals surface area contributed by atoms with E-state index in [2.05, 4.69) is 15.6 Å². The number of nitrogens with one attached hydrogen (secondary N) is 2. The molecule has 1 aromatic heterocycles. The van der Waals surface area contributed by atoms with Crippen LogP contribution in [-0.2, 0) is 0 Å². The van der Waals surface area contributed by atoms with Gasteiger partial charge in [0.1, 0.15) is 5.82 Å². The quantitative estimate of drug-likeness (QED) is 0.722. The maximum Gasteiger partial charge on any atom is 0.145 e. The largest absolute Gasteiger partial charge is 0.364 e. The molecule has 1 aliphatic heterocycles. The lowest BCUT2D eigenvalue weighted by molar-refractivity contribution is 0.471. The summed E-state index contributed by atoms with van der Waals surface area (Å²) in [6.07, 6.45) is 1.74. The Morgan fingerprint density at radius 3 is 3.00 bits per heavy atom. The van der Waals surface area contributed by atoms with Crippen LogP contribution in [0.3, 0.4) is 0 Å². The van der Waals surface area contributed by atoms with Gasteiger partial charge in [0.05, 0.1) is 11.1 Å². The van der Waals surface area contributed by atoms with Crippen molar-refractivity contribution in [1.82, 2.24) is 10.3 Å². The van der Waals surface area contributed by atoms with Crippen LogP contribution in [0.25, 0.3) is 0 Å². The Morgan fingerprint density at radius 2 is 2.42 bits per heavy atom. The molecule has 3 nitrogen and oxygen atoms in total. The van der Waals surface area contributed by atoms with E-state index in [9.17, 15) is 0 Å². The molecule has 12 heavy (non-hydrogen) atoms. The van der Waals surface area contributed by atoms with Gasteiger partial charge in [0.25, 0.3) is 0 Å². The molecule has 2 heterocycles. The summed E-state index contributed by atoms with van der Waals surface area (Å²) >= 11 is 5.90. The second-order valence-corrected chi connectivity index (χ2v) is 3.24. The fourth-order valence-corrected chi connectivity index (χ4v) is 1.25. The summed E-state index contributed by atoms with van der Waals surface area (Å²) in [7, 11) is 0. The van der Waals surface area contributed by atoms with Gasteiger partial charge in [-0.1, -0.05) is 11.6 Å². The van der Waals surface area contributed by atoms with Gasteiger partial charge in [-0.15, -0.1) is 0 Å². The number of hydrogen-bond acceptors (Lipinski definition) is 3. The molecule has 0 bridgehead atoms. The van der Waals surface area contributed by atoms with Crippen molar-refractivity contribution in [3.8, 4) is 0 Å². The lowest BCUT2D eigenvalue weighted by Gasteiger charge is -2.28. The summed E-state index contributed by atoms with van der Waals surface area (Å²) in [5, 5.41) is 7.09. The molecule has 1 saturated heterocycles. The second kappa shape index (κ2) is 3.29. The van der Waals surface area contributed by atoms with Gasteiger partial charge in [0.15, 0.2) is 0 Å². The standard InChI is InChI=1S/C8H10ClN3/c9-7-2-1-3-11-8(7)12-6-4-10-5-6/h1-3,6,10H,4-5H2,(H,11,12). The van der Waals surface area contributed by atoms with Gasteiger partial charge in [-0.3, -0.25) is 0 Å². The van der Waals surface area contributed by atoms with E-state index in [4.69, 9.17) is 11.6 Å². The van der Waals surface area contributed by atoms with Crippen LogP contribution in [-0.4, -0.2) is 24.1 Å². The van der Waals surface area contributed by atoms with Crippen LogP contribution in [0.15, 0.2) is 18.3 Å². The maximum absolute atomic E-state index is 5.90. The average Bonchev–Trinajstić information content (AvgIpc) is 2.00. The van der Waals surface area contributed by atoms with Gasteiger partial charge in [-0.25, -0.2) is 4.98 Å². The maximum atomic E-state index is 5.90. The molecule has 0 atom stereocenters. The first-order valence-electron chi connectivity index (χ1n) is 3.94. The van der Waals surface area contributed by atoms with Crippen molar-refractivity contribution in [2.45, 2.75) is 6.04 Å². The summed E-state index contributed by atoms with van der Waals surface area (Å²) in [6.45, 7) is 1.99. The van der Waals surface area contributed by atoms with Crippen LogP contribution in [0.4, 0.5) is 5.82 Å². The third kappa shape index (κ3) is 1.52. The molecular weight excluding hydrogens is 174 g/mol. The molecular formula is C8H10ClN3. The zero-order valence-electron chi connectivity index (χ0n) is 6.55. The van der Waals surface area contributed by atoms with E-state index in [0.29, 0.717) is 11.1 Å². The smallest absolute Gasteiger partial charge is 0.145 e. The fourth-order valence-electron chi connectivity index (χ4n) is 1.08. The zero-order valence-corrected chi connectivity index (χ0v) is 7.30. The summed E-state index contributed by atoms with van der Waals surface area (Å²) in [5.41, 5.74) is 0. The number of anilines is 1. The first-order chi connectivity index (χ1) is 5.86. The molecule has 0 aromatic carbocycles. The van der Waals surface area contributed by atoms with E-state index in [1.54, 1.807) is 6.20 Å². The van der Waals surface area contributed by atoms with Gasteiger partial charge in [-0.2, -0.15) is 0 Å². The number of aromatic nitrogens is 1. The van der Waals surface area contributed by atoms with Gasteiger partial charge >= 0.3 is 0 Å². The molecule has 1 aromatic rings. The highest BCUT2D eigenvalue weighted by Gasteiger charge is 2.17. The van der Waals surface area contributed by atoms with Gasteiger partial charge in [-0.05, 0) is 12.1 Å². The zero-order chi connectivity index (χ0) is 8.39. The van der Waals surface area contributed by atoms with Gasteiger partial charge in [0, 0.05) is 19.3 Å². The molecule has 0 amide bonds. The molecule has 0 spiro atoms. The number of pyridine rings is 1. The predicted molar refractivity (Wildman–Crippen MR) is 49.5 cm³/mol. The molecule has 2 rings (SSSR count). The highest BCUT2D eigenvalue weighted by atomic mass is 35.5. The van der Waals surface area contributed by atoms with Crippen LogP contribution < -0.4 is 10.6 Å². The van der Waals surface area contributed by atoms with Gasteiger partial charge in [0.2, 0.25) is 0 Å². The Hall–Kier alpha value is -0.800. The highest BCUT2D eigenvalue weighted by Crippen LogP contribution is 2.18. The Balaban J connectivity index is 2.06. The molecule has 0 unspecified atom stereocenters. The fraction of sp³-hybridized carbons (Fsp3) is 0.375. The minimum atomic E-state index is 0.484. The molecule has 0 saturated carbocycles. The summed E-state index contributed by atoms with van der Waals surface area (Å²) in [4.78, 5) is 4.13. The summed E-state index contributed by atoms with van der Waals surface area (Å²) < 4.78 is 0. The minimum absolute atomic E-state index is 0.484. The predicted octanol–water partition coefficient (Wildman–Crippen LogP) is 1.12. The number of rotatable bonds is 2. The summed E-state index contributed by atoms with van der Waals surface area (Å²) in [6, 6.07) is 4.15. The van der Waals surface area contributed by atoms with Crippen molar-refractivity contribution in [3.05, 3.63) is 23.4 Å². The van der Waals surface area contributed by atoms with Crippen molar-refractivity contribution >= 4 is 17.4 Å². The van der Waals surface area contributed by atoms with Crippen LogP contribution in [0.2, 0.25) is 5.02 Å². The molecule has 0 radical (unpaired) electrons. The van der Waals surface area contributed by atoms with E-state index in [-0.39, 0.29) is 0 Å². The Labute approximate surface area is 76.1 Å². The molecule has 4 heteroatoms. The molecule has 2 N–H and O–H groups in total. The van der Waals surface area contributed by atoms with E-state index >= 15 is 0 Å². The number of nitrogens with zero attached hydrogens (tertiary/aromatic N) is 1. The summed E-state index contributed by atoms with van der Waals surface area (Å²) in [5.74, 6) is 0.783. The van der Waals surface area contributed by atoms with Crippen molar-refractivity contribution in [1.29, 1.82) is 0 Å². The average molecular weight is 184 g/mol. The molecule has 1 aliphatic rings. The van der Waals surface area contributed by atoms with E-state index < -0.39 is 0 Å². The van der Waals surface area contributed by atoms with E-state index in [1.807, 2.05) is 12.1 Å². The van der Waals surface area contributed by atoms with Crippen molar-refractivity contribution in [2.75, 3.05) is 18.4 Å². The molecule has 1 fully saturated rings. The van der Waals surface area contributed by atoms with Crippen LogP contribution in [0.1, 0.15) is 0 Å². The molecule has 64 valence electrons. The van der Waals surface area contributed by atoms with Crippen LogP contribution in [0.5, 0.6) is 0 Å². The Morgan fingerprint density at radius 1 is 1.58 bits per heavy atom. The Bertz CT molecular complexity index is 273. The van der Waals surface area contributed by atoms with E-state index in [0.717, 1.165) is 18.9 Å². The monoisotopic (exact) mass is 183 g/mol. The minimum Gasteiger partial charge on any atom is -0.364 e. The lowest BCUT2D eigenvalue weighted by Crippen LogP contribution is -2.51. The lowest BCUT2D eigenvalue weighted by atomic mass is 10.2. The second-order valence-electron chi connectivity index (χ2n) is 2.83. The molecule has 0 aliphatic carbocycles.